The molecule has 1 heterocycles. The van der Waals surface area contributed by atoms with Crippen LogP contribution in [0.15, 0.2) is 24.3 Å². The molecule has 8 atom stereocenters. The molecule has 0 radical (unpaired) electrons. The average Bonchev–Trinajstić information content (AvgIpc) is 2.95. The number of carboxylic acid groups (broad SMARTS) is 1. The van der Waals surface area contributed by atoms with Gasteiger partial charge in [0.1, 0.15) is 11.0 Å². The van der Waals surface area contributed by atoms with Crippen molar-refractivity contribution in [2.75, 3.05) is 0 Å². The van der Waals surface area contributed by atoms with Crippen LogP contribution in [0.3, 0.4) is 0 Å². The fourth-order valence-electron chi connectivity index (χ4n) is 7.44. The van der Waals surface area contributed by atoms with Gasteiger partial charge in [-0.1, -0.05) is 25.2 Å². The van der Waals surface area contributed by atoms with Crippen LogP contribution in [0, 0.1) is 34.0 Å². The Balaban J connectivity index is 1.78. The Morgan fingerprint density at radius 3 is 2.80 bits per heavy atom. The maximum absolute atomic E-state index is 12.7. The van der Waals surface area contributed by atoms with E-state index >= 15 is 0 Å². The Labute approximate surface area is 146 Å². The van der Waals surface area contributed by atoms with Crippen LogP contribution in [0.1, 0.15) is 39.5 Å². The first-order valence-electron chi connectivity index (χ1n) is 9.14. The lowest BCUT2D eigenvalue weighted by molar-refractivity contribution is -0.162. The van der Waals surface area contributed by atoms with Crippen LogP contribution in [0.2, 0.25) is 0 Å². The zero-order chi connectivity index (χ0) is 18.0. The summed E-state index contributed by atoms with van der Waals surface area (Å²) in [5.41, 5.74) is -1.41. The van der Waals surface area contributed by atoms with Crippen molar-refractivity contribution in [1.82, 2.24) is 0 Å². The Morgan fingerprint density at radius 1 is 1.40 bits per heavy atom. The van der Waals surface area contributed by atoms with Crippen molar-refractivity contribution in [3.8, 4) is 0 Å². The topological polar surface area (TPSA) is 83.8 Å². The molecule has 134 valence electrons. The number of carboxylic acids is 1. The van der Waals surface area contributed by atoms with Gasteiger partial charge in [0.2, 0.25) is 0 Å². The van der Waals surface area contributed by atoms with Crippen LogP contribution in [-0.2, 0) is 14.3 Å². The molecule has 2 N–H and O–H groups in total. The lowest BCUT2D eigenvalue weighted by Crippen LogP contribution is -2.50. The molecular weight excluding hydrogens is 320 g/mol. The molecule has 5 aliphatic rings. The fraction of sp³-hybridized carbons (Fsp3) is 0.700. The molecule has 3 saturated carbocycles. The van der Waals surface area contributed by atoms with Gasteiger partial charge in [-0.15, -0.1) is 0 Å². The summed E-state index contributed by atoms with van der Waals surface area (Å²) in [5.74, 6) is -2.58. The van der Waals surface area contributed by atoms with Gasteiger partial charge in [-0.05, 0) is 49.5 Å². The van der Waals surface area contributed by atoms with Crippen molar-refractivity contribution in [1.29, 1.82) is 0 Å². The summed E-state index contributed by atoms with van der Waals surface area (Å²) in [6, 6.07) is 0. The van der Waals surface area contributed by atoms with E-state index in [0.29, 0.717) is 6.42 Å². The molecule has 1 aliphatic heterocycles. The monoisotopic (exact) mass is 344 g/mol. The average molecular weight is 344 g/mol. The highest BCUT2D eigenvalue weighted by molar-refractivity contribution is 5.86. The normalized spacial score (nSPS) is 58.0. The van der Waals surface area contributed by atoms with Gasteiger partial charge in [-0.3, -0.25) is 9.59 Å². The number of fused-ring (bicyclic) bond motifs is 1. The minimum atomic E-state index is -1.19. The van der Waals surface area contributed by atoms with E-state index in [1.807, 2.05) is 6.08 Å². The van der Waals surface area contributed by atoms with Crippen LogP contribution in [0.5, 0.6) is 0 Å². The summed E-state index contributed by atoms with van der Waals surface area (Å²) in [4.78, 5) is 25.2. The SMILES string of the molecule is C=C1CC23C[C@@]1(C)CCC2C12C=C[C@H](O)[C@](C)(C(=O)O1)C2C3C(=O)O. The fourth-order valence-corrected chi connectivity index (χ4v) is 7.44. The van der Waals surface area contributed by atoms with Crippen LogP contribution in [-0.4, -0.2) is 33.9 Å². The molecule has 4 bridgehead atoms. The van der Waals surface area contributed by atoms with Crippen molar-refractivity contribution in [3.63, 3.8) is 0 Å². The van der Waals surface area contributed by atoms with Crippen molar-refractivity contribution in [3.05, 3.63) is 24.3 Å². The van der Waals surface area contributed by atoms with E-state index in [2.05, 4.69) is 13.5 Å². The summed E-state index contributed by atoms with van der Waals surface area (Å²) in [5, 5.41) is 20.8. The van der Waals surface area contributed by atoms with Gasteiger partial charge in [0.05, 0.1) is 12.0 Å². The highest BCUT2D eigenvalue weighted by atomic mass is 16.6. The highest BCUT2D eigenvalue weighted by Crippen LogP contribution is 2.78. The van der Waals surface area contributed by atoms with E-state index in [4.69, 9.17) is 4.74 Å². The van der Waals surface area contributed by atoms with Crippen LogP contribution in [0.25, 0.3) is 0 Å². The summed E-state index contributed by atoms with van der Waals surface area (Å²) >= 11 is 0. The number of carbonyl (C=O) groups excluding carboxylic acids is 1. The third kappa shape index (κ3) is 1.37. The maximum Gasteiger partial charge on any atom is 0.316 e. The van der Waals surface area contributed by atoms with E-state index in [1.54, 1.807) is 13.0 Å². The quantitative estimate of drug-likeness (QED) is 0.563. The lowest BCUT2D eigenvalue weighted by atomic mass is 9.60. The number of hydrogen-bond donors (Lipinski definition) is 2. The van der Waals surface area contributed by atoms with Gasteiger partial charge in [0, 0.05) is 11.8 Å². The van der Waals surface area contributed by atoms with Gasteiger partial charge in [0.25, 0.3) is 0 Å². The molecule has 0 amide bonds. The predicted molar refractivity (Wildman–Crippen MR) is 88.3 cm³/mol. The van der Waals surface area contributed by atoms with Crippen molar-refractivity contribution in [2.45, 2.75) is 51.2 Å². The highest BCUT2D eigenvalue weighted by Gasteiger charge is 2.83. The summed E-state index contributed by atoms with van der Waals surface area (Å²) in [6.45, 7) is 8.15. The molecule has 0 aromatic carbocycles. The third-order valence-electron chi connectivity index (χ3n) is 8.55. The van der Waals surface area contributed by atoms with E-state index in [-0.39, 0.29) is 11.3 Å². The Bertz CT molecular complexity index is 770. The van der Waals surface area contributed by atoms with Crippen molar-refractivity contribution < 1.29 is 24.5 Å². The number of aliphatic carboxylic acids is 1. The first kappa shape index (κ1) is 15.6. The molecule has 4 aliphatic carbocycles. The van der Waals surface area contributed by atoms with Gasteiger partial charge in [0.15, 0.2) is 0 Å². The maximum atomic E-state index is 12.7. The molecule has 5 rings (SSSR count). The Morgan fingerprint density at radius 2 is 2.12 bits per heavy atom. The number of rotatable bonds is 1. The van der Waals surface area contributed by atoms with E-state index in [0.717, 1.165) is 24.8 Å². The number of hydrogen-bond acceptors (Lipinski definition) is 4. The Kier molecular flexibility index (Phi) is 2.52. The molecule has 5 heteroatoms. The van der Waals surface area contributed by atoms with Crippen molar-refractivity contribution in [2.24, 2.45) is 34.0 Å². The number of esters is 1. The van der Waals surface area contributed by atoms with Gasteiger partial charge >= 0.3 is 11.9 Å². The van der Waals surface area contributed by atoms with Crippen LogP contribution >= 0.6 is 0 Å². The summed E-state index contributed by atoms with van der Waals surface area (Å²) in [7, 11) is 0. The number of allylic oxidation sites excluding steroid dienone is 1. The van der Waals surface area contributed by atoms with Gasteiger partial charge in [-0.2, -0.15) is 0 Å². The van der Waals surface area contributed by atoms with E-state index in [9.17, 15) is 19.8 Å². The third-order valence-corrected chi connectivity index (χ3v) is 8.55. The lowest BCUT2D eigenvalue weighted by Gasteiger charge is -2.45. The molecule has 5 unspecified atom stereocenters. The second-order valence-electron chi connectivity index (χ2n) is 9.47. The predicted octanol–water partition coefficient (Wildman–Crippen LogP) is 2.30. The first-order valence-corrected chi connectivity index (χ1v) is 9.14. The molecule has 0 aromatic heterocycles. The number of carbonyl (C=O) groups is 2. The zero-order valence-corrected chi connectivity index (χ0v) is 14.6. The molecule has 1 saturated heterocycles. The zero-order valence-electron chi connectivity index (χ0n) is 14.6. The molecule has 0 aromatic rings. The van der Waals surface area contributed by atoms with Gasteiger partial charge < -0.3 is 14.9 Å². The second kappa shape index (κ2) is 4.03. The minimum Gasteiger partial charge on any atom is -0.481 e. The largest absolute Gasteiger partial charge is 0.481 e. The van der Waals surface area contributed by atoms with E-state index in [1.165, 1.54) is 0 Å². The van der Waals surface area contributed by atoms with Crippen molar-refractivity contribution >= 4 is 11.9 Å². The Hall–Kier alpha value is -1.62. The summed E-state index contributed by atoms with van der Waals surface area (Å²) < 4.78 is 5.95. The van der Waals surface area contributed by atoms with E-state index < -0.39 is 46.3 Å². The van der Waals surface area contributed by atoms with Gasteiger partial charge in [-0.25, -0.2) is 0 Å². The number of ether oxygens (including phenoxy) is 1. The smallest absolute Gasteiger partial charge is 0.316 e. The second-order valence-corrected chi connectivity index (χ2v) is 9.47. The molecule has 1 spiro atoms. The van der Waals surface area contributed by atoms with Crippen LogP contribution < -0.4 is 0 Å². The molecule has 4 fully saturated rings. The standard InChI is InChI=1S/C20H24O5/c1-10-8-19-9-17(10,2)6-4-11(19)20-7-5-12(21)18(3,16(24)25-20)14(20)13(19)15(22)23/h5,7,11-14,21H,1,4,6,8-9H2,2-3H3,(H,22,23)/t11?,12-,13?,14?,17+,18-,19?,20?/m0/s1. The van der Waals surface area contributed by atoms with Crippen LogP contribution in [0.4, 0.5) is 0 Å². The first-order chi connectivity index (χ1) is 11.6. The number of aliphatic hydroxyl groups is 1. The molecule has 25 heavy (non-hydrogen) atoms. The summed E-state index contributed by atoms with van der Waals surface area (Å²) in [6.07, 6.45) is 5.71. The molecule has 5 nitrogen and oxygen atoms in total. The number of aliphatic hydroxyl groups excluding tert-OH is 1. The minimum absolute atomic E-state index is 0.0204. The molecular formula is C20H24O5.